The molecule has 2 aliphatic rings. The molecule has 4 rings (SSSR count). The monoisotopic (exact) mass is 371 g/mol. The molecule has 0 atom stereocenters. The lowest BCUT2D eigenvalue weighted by Crippen LogP contribution is -2.19. The smallest absolute Gasteiger partial charge is 0.250 e. The Bertz CT molecular complexity index is 1120. The summed E-state index contributed by atoms with van der Waals surface area (Å²) in [5.41, 5.74) is 5.98. The zero-order valence-corrected chi connectivity index (χ0v) is 15.8. The van der Waals surface area contributed by atoms with Gasteiger partial charge in [0.1, 0.15) is 0 Å². The van der Waals surface area contributed by atoms with Gasteiger partial charge in [0.2, 0.25) is 0 Å². The number of carbonyl (C=O) groups excluding carboxylic acids is 1. The number of nitrogens with zero attached hydrogens (tertiary/aromatic N) is 2. The summed E-state index contributed by atoms with van der Waals surface area (Å²) >= 11 is 0. The van der Waals surface area contributed by atoms with Gasteiger partial charge in [-0.05, 0) is 48.6 Å². The van der Waals surface area contributed by atoms with Crippen LogP contribution in [0.5, 0.6) is 0 Å². The van der Waals surface area contributed by atoms with Crippen molar-refractivity contribution in [3.63, 3.8) is 0 Å². The summed E-state index contributed by atoms with van der Waals surface area (Å²) < 4.78 is 1.71. The summed E-state index contributed by atoms with van der Waals surface area (Å²) in [6.07, 6.45) is 16.9. The Hall–Kier alpha value is -3.27. The first-order valence-corrected chi connectivity index (χ1v) is 9.35. The number of carbonyl (C=O) groups is 1. The third-order valence-corrected chi connectivity index (χ3v) is 5.02. The van der Waals surface area contributed by atoms with Gasteiger partial charge in [-0.1, -0.05) is 35.9 Å². The van der Waals surface area contributed by atoms with Gasteiger partial charge in [-0.25, -0.2) is 0 Å². The first kappa shape index (κ1) is 18.1. The second-order valence-corrected chi connectivity index (χ2v) is 7.15. The average Bonchev–Trinajstić information content (AvgIpc) is 3.55. The Labute approximate surface area is 165 Å². The molecular weight excluding hydrogens is 348 g/mol. The molecule has 0 aromatic carbocycles. The summed E-state index contributed by atoms with van der Waals surface area (Å²) in [4.78, 5) is 28.4. The van der Waals surface area contributed by atoms with Crippen LogP contribution in [0.15, 0.2) is 94.2 Å². The molecule has 0 saturated heterocycles. The van der Waals surface area contributed by atoms with Gasteiger partial charge in [-0.3, -0.25) is 14.6 Å². The third-order valence-electron chi connectivity index (χ3n) is 5.02. The van der Waals surface area contributed by atoms with Crippen LogP contribution in [0.4, 0.5) is 0 Å². The standard InChI is InChI=1S/C24H21N2O2.H2/c1-17-5-6-18(7-8-21(17)16-26-11-3-2-4-23(26)27)12-19-13-22(15-25-14-19)24(28)20-9-10-20;/h2-5,7-11,13-15H,6,12,16H2,1H3;1H. The Morgan fingerprint density at radius 1 is 1.21 bits per heavy atom. The minimum atomic E-state index is 0. The van der Waals surface area contributed by atoms with Crippen molar-refractivity contribution in [1.82, 2.24) is 9.55 Å². The van der Waals surface area contributed by atoms with E-state index in [-0.39, 0.29) is 12.8 Å². The van der Waals surface area contributed by atoms with Crippen molar-refractivity contribution in [2.24, 2.45) is 0 Å². The Balaban J connectivity index is 0.00000240. The molecule has 4 nitrogen and oxygen atoms in total. The minimum absolute atomic E-state index is 0. The zero-order valence-electron chi connectivity index (χ0n) is 15.8. The molecule has 2 heterocycles. The van der Waals surface area contributed by atoms with Crippen molar-refractivity contribution in [2.45, 2.75) is 26.3 Å². The molecule has 2 aliphatic carbocycles. The second-order valence-electron chi connectivity index (χ2n) is 7.15. The fourth-order valence-corrected chi connectivity index (χ4v) is 3.25. The highest BCUT2D eigenvalue weighted by atomic mass is 16.1. The highest BCUT2D eigenvalue weighted by Gasteiger charge is 2.19. The molecule has 0 saturated carbocycles. The maximum Gasteiger partial charge on any atom is 0.250 e. The van der Waals surface area contributed by atoms with E-state index in [0.717, 1.165) is 29.6 Å². The summed E-state index contributed by atoms with van der Waals surface area (Å²) in [7, 11) is 0. The minimum Gasteiger partial charge on any atom is -0.311 e. The Kier molecular flexibility index (Phi) is 5.02. The molecule has 1 radical (unpaired) electrons. The van der Waals surface area contributed by atoms with E-state index in [1.165, 1.54) is 11.1 Å². The number of Topliss-reactive ketones (excluding diaryl/α,β-unsaturated/α-hetero) is 1. The lowest BCUT2D eigenvalue weighted by atomic mass is 10.0. The van der Waals surface area contributed by atoms with Crippen molar-refractivity contribution in [3.05, 3.63) is 117 Å². The fourth-order valence-electron chi connectivity index (χ4n) is 3.25. The van der Waals surface area contributed by atoms with Gasteiger partial charge < -0.3 is 4.57 Å². The van der Waals surface area contributed by atoms with E-state index >= 15 is 0 Å². The van der Waals surface area contributed by atoms with Crippen molar-refractivity contribution in [1.29, 1.82) is 0 Å². The van der Waals surface area contributed by atoms with E-state index < -0.39 is 0 Å². The van der Waals surface area contributed by atoms with Gasteiger partial charge in [0.15, 0.2) is 5.78 Å². The molecule has 141 valence electrons. The number of rotatable bonds is 6. The quantitative estimate of drug-likeness (QED) is 0.713. The van der Waals surface area contributed by atoms with E-state index in [1.807, 2.05) is 37.0 Å². The lowest BCUT2D eigenvalue weighted by Gasteiger charge is -2.09. The zero-order chi connectivity index (χ0) is 19.5. The van der Waals surface area contributed by atoms with Crippen LogP contribution in [-0.2, 0) is 13.0 Å². The van der Waals surface area contributed by atoms with E-state index in [4.69, 9.17) is 0 Å². The third kappa shape index (κ3) is 4.17. The van der Waals surface area contributed by atoms with Gasteiger partial charge in [0.25, 0.3) is 5.56 Å². The first-order valence-electron chi connectivity index (χ1n) is 9.35. The number of pyridine rings is 2. The number of aromatic nitrogens is 2. The van der Waals surface area contributed by atoms with Crippen LogP contribution >= 0.6 is 0 Å². The van der Waals surface area contributed by atoms with Crippen LogP contribution in [0.3, 0.4) is 0 Å². The van der Waals surface area contributed by atoms with Crippen LogP contribution in [0, 0.1) is 6.42 Å². The summed E-state index contributed by atoms with van der Waals surface area (Å²) in [6, 6.07) is 7.13. The maximum absolute atomic E-state index is 12.2. The highest BCUT2D eigenvalue weighted by Crippen LogP contribution is 2.24. The Morgan fingerprint density at radius 2 is 2.07 bits per heavy atom. The molecule has 2 aromatic rings. The van der Waals surface area contributed by atoms with Crippen molar-refractivity contribution < 1.29 is 6.22 Å². The Morgan fingerprint density at radius 3 is 2.86 bits per heavy atom. The highest BCUT2D eigenvalue weighted by molar-refractivity contribution is 6.13. The summed E-state index contributed by atoms with van der Waals surface area (Å²) in [6.45, 7) is 2.64. The first-order chi connectivity index (χ1) is 13.6. The molecule has 0 spiro atoms. The van der Waals surface area contributed by atoms with Crippen molar-refractivity contribution in [3.8, 4) is 0 Å². The van der Waals surface area contributed by atoms with Gasteiger partial charge in [-0.15, -0.1) is 0 Å². The molecule has 4 heteroatoms. The van der Waals surface area contributed by atoms with Gasteiger partial charge in [0, 0.05) is 43.6 Å². The molecule has 0 fully saturated rings. The van der Waals surface area contributed by atoms with Crippen LogP contribution in [0.2, 0.25) is 0 Å². The molecule has 0 bridgehead atoms. The average molecular weight is 371 g/mol. The second kappa shape index (κ2) is 7.77. The topological polar surface area (TPSA) is 52.0 Å². The van der Waals surface area contributed by atoms with Gasteiger partial charge in [-0.2, -0.15) is 0 Å². The molecule has 28 heavy (non-hydrogen) atoms. The number of hydrogen-bond donors (Lipinski definition) is 0. The van der Waals surface area contributed by atoms with E-state index in [2.05, 4.69) is 30.1 Å². The molecule has 2 aromatic heterocycles. The van der Waals surface area contributed by atoms with Crippen molar-refractivity contribution >= 4 is 5.78 Å². The molecule has 0 unspecified atom stereocenters. The summed E-state index contributed by atoms with van der Waals surface area (Å²) in [5.74, 6) is 0.0374. The maximum atomic E-state index is 12.2. The SMILES string of the molecule is CC1=CCC(Cc2cncc(C(=O)C3=C[CH]3)c2)=CC=C1Cn1ccccc1=O.[HH]. The van der Waals surface area contributed by atoms with Gasteiger partial charge in [0.05, 0.1) is 6.54 Å². The van der Waals surface area contributed by atoms with Crippen molar-refractivity contribution in [2.75, 3.05) is 0 Å². The summed E-state index contributed by atoms with van der Waals surface area (Å²) in [5, 5.41) is 0. The van der Waals surface area contributed by atoms with Gasteiger partial charge >= 0.3 is 0 Å². The van der Waals surface area contributed by atoms with E-state index in [0.29, 0.717) is 12.1 Å². The molecule has 0 amide bonds. The number of hydrogen-bond acceptors (Lipinski definition) is 3. The lowest BCUT2D eigenvalue weighted by molar-refractivity contribution is 0.104. The van der Waals surface area contributed by atoms with E-state index in [1.54, 1.807) is 22.9 Å². The normalized spacial score (nSPS) is 15.8. The predicted octanol–water partition coefficient (Wildman–Crippen LogP) is 4.26. The molecule has 0 N–H and O–H groups in total. The van der Waals surface area contributed by atoms with Crippen LogP contribution in [0.1, 0.15) is 30.7 Å². The predicted molar refractivity (Wildman–Crippen MR) is 112 cm³/mol. The molecule has 0 aliphatic heterocycles. The van der Waals surface area contributed by atoms with Crippen LogP contribution in [0.25, 0.3) is 0 Å². The largest absolute Gasteiger partial charge is 0.311 e. The van der Waals surface area contributed by atoms with Crippen LogP contribution < -0.4 is 5.56 Å². The molecular formula is C24H23N2O2. The number of allylic oxidation sites excluding steroid dienone is 8. The van der Waals surface area contributed by atoms with Crippen LogP contribution in [-0.4, -0.2) is 15.3 Å². The fraction of sp³-hybridized carbons (Fsp3) is 0.167. The number of ketones is 1. The van der Waals surface area contributed by atoms with E-state index in [9.17, 15) is 9.59 Å².